The molecule has 1 amide bonds. The van der Waals surface area contributed by atoms with E-state index in [1.54, 1.807) is 18.0 Å². The molecular formula is C13H22N4O4. The molecule has 1 unspecified atom stereocenters. The molecule has 1 aromatic rings. The topological polar surface area (TPSA) is 112 Å². The number of carbonyl (C=O) groups is 1. The van der Waals surface area contributed by atoms with Gasteiger partial charge in [0.1, 0.15) is 12.2 Å². The van der Waals surface area contributed by atoms with E-state index in [2.05, 4.69) is 10.4 Å². The average Bonchev–Trinajstić information content (AvgIpc) is 2.65. The average molecular weight is 298 g/mol. The van der Waals surface area contributed by atoms with Gasteiger partial charge in [-0.2, -0.15) is 5.10 Å². The van der Waals surface area contributed by atoms with Crippen LogP contribution in [0.3, 0.4) is 0 Å². The molecule has 2 rings (SSSR count). The van der Waals surface area contributed by atoms with Crippen molar-refractivity contribution >= 4 is 11.8 Å². The molecule has 8 heteroatoms. The van der Waals surface area contributed by atoms with E-state index < -0.39 is 6.09 Å². The van der Waals surface area contributed by atoms with Gasteiger partial charge in [-0.05, 0) is 19.8 Å². The molecule has 118 valence electrons. The summed E-state index contributed by atoms with van der Waals surface area (Å²) in [6.45, 7) is 1.87. The van der Waals surface area contributed by atoms with Crippen molar-refractivity contribution in [3.05, 3.63) is 11.9 Å². The van der Waals surface area contributed by atoms with Gasteiger partial charge in [-0.25, -0.2) is 4.79 Å². The second-order valence-electron chi connectivity index (χ2n) is 5.27. The zero-order valence-corrected chi connectivity index (χ0v) is 12.4. The molecule has 0 spiro atoms. The molecule has 0 aromatic carbocycles. The fraction of sp³-hybridized carbons (Fsp3) is 0.692. The summed E-state index contributed by atoms with van der Waals surface area (Å²) in [7, 11) is 3.37. The largest absolute Gasteiger partial charge is 0.465 e. The second kappa shape index (κ2) is 6.31. The van der Waals surface area contributed by atoms with Crippen LogP contribution in [0.15, 0.2) is 6.20 Å². The molecule has 21 heavy (non-hydrogen) atoms. The van der Waals surface area contributed by atoms with E-state index in [-0.39, 0.29) is 24.4 Å². The summed E-state index contributed by atoms with van der Waals surface area (Å²) in [5.41, 5.74) is 7.34. The number of amides is 1. The Kier molecular flexibility index (Phi) is 4.69. The number of nitrogens with one attached hydrogen (secondary N) is 1. The van der Waals surface area contributed by atoms with Gasteiger partial charge in [0.15, 0.2) is 0 Å². The van der Waals surface area contributed by atoms with Gasteiger partial charge in [0, 0.05) is 14.2 Å². The van der Waals surface area contributed by atoms with Crippen LogP contribution in [0, 0.1) is 0 Å². The Hall–Kier alpha value is -1.80. The lowest BCUT2D eigenvalue weighted by atomic mass is 10.0. The van der Waals surface area contributed by atoms with Crippen molar-refractivity contribution in [3.8, 4) is 0 Å². The summed E-state index contributed by atoms with van der Waals surface area (Å²) in [5.74, 6) is 0. The minimum Gasteiger partial charge on any atom is -0.465 e. The van der Waals surface area contributed by atoms with Crippen LogP contribution in [0.5, 0.6) is 0 Å². The van der Waals surface area contributed by atoms with E-state index in [1.165, 1.54) is 0 Å². The molecule has 1 aromatic heterocycles. The highest BCUT2D eigenvalue weighted by molar-refractivity contribution is 5.65. The number of nitrogen functional groups attached to an aromatic ring is 1. The molecule has 0 saturated carbocycles. The van der Waals surface area contributed by atoms with Crippen molar-refractivity contribution in [2.24, 2.45) is 7.05 Å². The quantitative estimate of drug-likeness (QED) is 0.764. The van der Waals surface area contributed by atoms with E-state index in [0.717, 1.165) is 5.69 Å². The van der Waals surface area contributed by atoms with Crippen molar-refractivity contribution < 1.29 is 19.4 Å². The predicted molar refractivity (Wildman–Crippen MR) is 75.9 cm³/mol. The van der Waals surface area contributed by atoms with Gasteiger partial charge in [-0.3, -0.25) is 4.68 Å². The standard InChI is InChI=1S/C13H22N4O4/c1-7-12(20-3)9(16-13(18)19)4-5-10(21-7)11-8(14)6-15-17(11)2/h6-7,9-10,12,16H,4-5,14H2,1-3H3,(H,18,19)/t7?,9-,10+,12-/m1/s1. The first-order valence-electron chi connectivity index (χ1n) is 6.89. The number of hydrogen-bond donors (Lipinski definition) is 3. The Labute approximate surface area is 123 Å². The summed E-state index contributed by atoms with van der Waals surface area (Å²) in [6, 6.07) is -0.318. The third kappa shape index (κ3) is 3.27. The highest BCUT2D eigenvalue weighted by Crippen LogP contribution is 2.33. The Balaban J connectivity index is 2.21. The van der Waals surface area contributed by atoms with Gasteiger partial charge in [-0.15, -0.1) is 0 Å². The van der Waals surface area contributed by atoms with Gasteiger partial charge >= 0.3 is 6.09 Å². The zero-order chi connectivity index (χ0) is 15.6. The predicted octanol–water partition coefficient (Wildman–Crippen LogP) is 0.894. The zero-order valence-electron chi connectivity index (χ0n) is 12.4. The van der Waals surface area contributed by atoms with Gasteiger partial charge in [0.25, 0.3) is 0 Å². The highest BCUT2D eigenvalue weighted by atomic mass is 16.5. The van der Waals surface area contributed by atoms with Crippen LogP contribution in [0.2, 0.25) is 0 Å². The maximum atomic E-state index is 10.9. The SMILES string of the molecule is CO[C@@H]1C(C)O[C@H](c2c(N)cnn2C)CC[C@H]1NC(=O)O. The fourth-order valence-electron chi connectivity index (χ4n) is 2.96. The van der Waals surface area contributed by atoms with Gasteiger partial charge in [0.2, 0.25) is 0 Å². The van der Waals surface area contributed by atoms with Crippen LogP contribution in [-0.4, -0.2) is 46.3 Å². The molecular weight excluding hydrogens is 276 g/mol. The summed E-state index contributed by atoms with van der Waals surface area (Å²) in [6.07, 6.45) is 0.922. The van der Waals surface area contributed by atoms with Crippen molar-refractivity contribution in [2.75, 3.05) is 12.8 Å². The smallest absolute Gasteiger partial charge is 0.404 e. The number of nitrogens with two attached hydrogens (primary N) is 1. The molecule has 0 radical (unpaired) electrons. The monoisotopic (exact) mass is 298 g/mol. The number of aromatic nitrogens is 2. The Morgan fingerprint density at radius 2 is 2.33 bits per heavy atom. The fourth-order valence-corrected chi connectivity index (χ4v) is 2.96. The molecule has 1 aliphatic rings. The van der Waals surface area contributed by atoms with Gasteiger partial charge in [0.05, 0.1) is 29.7 Å². The van der Waals surface area contributed by atoms with Crippen LogP contribution in [0.1, 0.15) is 31.6 Å². The Morgan fingerprint density at radius 1 is 1.62 bits per heavy atom. The lowest BCUT2D eigenvalue weighted by molar-refractivity contribution is -0.0782. The first kappa shape index (κ1) is 15.6. The van der Waals surface area contributed by atoms with E-state index in [4.69, 9.17) is 20.3 Å². The highest BCUT2D eigenvalue weighted by Gasteiger charge is 2.36. The number of anilines is 1. The Bertz CT molecular complexity index is 485. The molecule has 0 aliphatic carbocycles. The molecule has 1 saturated heterocycles. The van der Waals surface area contributed by atoms with Gasteiger partial charge < -0.3 is 25.6 Å². The number of ether oxygens (including phenoxy) is 2. The lowest BCUT2D eigenvalue weighted by Gasteiger charge is -2.28. The van der Waals surface area contributed by atoms with E-state index in [0.29, 0.717) is 18.5 Å². The van der Waals surface area contributed by atoms with Crippen LogP contribution >= 0.6 is 0 Å². The van der Waals surface area contributed by atoms with Crippen LogP contribution < -0.4 is 11.1 Å². The number of methoxy groups -OCH3 is 1. The van der Waals surface area contributed by atoms with E-state index in [9.17, 15) is 4.79 Å². The van der Waals surface area contributed by atoms with Crippen LogP contribution in [0.25, 0.3) is 0 Å². The third-order valence-electron chi connectivity index (χ3n) is 3.88. The van der Waals surface area contributed by atoms with E-state index >= 15 is 0 Å². The van der Waals surface area contributed by atoms with Crippen molar-refractivity contribution in [1.29, 1.82) is 0 Å². The summed E-state index contributed by atoms with van der Waals surface area (Å²) >= 11 is 0. The first-order chi connectivity index (χ1) is 9.93. The number of carboxylic acid groups (broad SMARTS) is 1. The van der Waals surface area contributed by atoms with E-state index in [1.807, 2.05) is 14.0 Å². The minimum absolute atomic E-state index is 0.231. The maximum absolute atomic E-state index is 10.9. The van der Waals surface area contributed by atoms with Crippen LogP contribution in [-0.2, 0) is 16.5 Å². The van der Waals surface area contributed by atoms with Crippen molar-refractivity contribution in [2.45, 2.75) is 44.1 Å². The molecule has 2 heterocycles. The first-order valence-corrected chi connectivity index (χ1v) is 6.89. The second-order valence-corrected chi connectivity index (χ2v) is 5.27. The molecule has 0 bridgehead atoms. The maximum Gasteiger partial charge on any atom is 0.404 e. The Morgan fingerprint density at radius 3 is 2.86 bits per heavy atom. The number of nitrogens with zero attached hydrogens (tertiary/aromatic N) is 2. The minimum atomic E-state index is -1.06. The molecule has 4 atom stereocenters. The summed E-state index contributed by atoms with van der Waals surface area (Å²) in [5, 5.41) is 15.6. The van der Waals surface area contributed by atoms with Crippen molar-refractivity contribution in [1.82, 2.24) is 15.1 Å². The molecule has 1 fully saturated rings. The number of aryl methyl sites for hydroxylation is 1. The summed E-state index contributed by atoms with van der Waals surface area (Å²) < 4.78 is 13.1. The number of hydrogen-bond acceptors (Lipinski definition) is 5. The third-order valence-corrected chi connectivity index (χ3v) is 3.88. The van der Waals surface area contributed by atoms with Crippen molar-refractivity contribution in [3.63, 3.8) is 0 Å². The lowest BCUT2D eigenvalue weighted by Crippen LogP contribution is -2.47. The van der Waals surface area contributed by atoms with Crippen LogP contribution in [0.4, 0.5) is 10.5 Å². The molecule has 8 nitrogen and oxygen atoms in total. The normalized spacial score (nSPS) is 29.9. The van der Waals surface area contributed by atoms with Gasteiger partial charge in [-0.1, -0.05) is 0 Å². The molecule has 4 N–H and O–H groups in total. The number of rotatable bonds is 3. The molecule has 1 aliphatic heterocycles. The summed E-state index contributed by atoms with van der Waals surface area (Å²) in [4.78, 5) is 10.9.